The summed E-state index contributed by atoms with van der Waals surface area (Å²) in [5, 5.41) is 3.27. The maximum atomic E-state index is 12.5. The van der Waals surface area contributed by atoms with Crippen LogP contribution in [-0.4, -0.2) is 91.3 Å². The first-order chi connectivity index (χ1) is 23.8. The fourth-order valence-electron chi connectivity index (χ4n) is 6.20. The summed E-state index contributed by atoms with van der Waals surface area (Å²) >= 11 is 0. The third-order valence-corrected chi connectivity index (χ3v) is 9.17. The molecular weight excluding hydrogens is 689 g/mol. The monoisotopic (exact) mass is 746 g/mol. The number of nitrogens with one attached hydrogen (secondary N) is 1. The zero-order valence-electron chi connectivity index (χ0n) is 30.2. The Morgan fingerprint density at radius 2 is 1.14 bits per heavy atom. The number of hydrogen-bond acceptors (Lipinski definition) is 8. The fraction of sp³-hybridized carbons (Fsp3) is 0.579. The number of likely N-dealkylation sites (tertiary alicyclic amines) is 3. The smallest absolute Gasteiger partial charge is 0.410 e. The van der Waals surface area contributed by atoms with Crippen LogP contribution in [0.4, 0.5) is 9.59 Å². The molecular formula is C38H58N4O7S2. The SMILES string of the molecule is C[C@H]1CCN(C(=O)C2CCN(C(=O)OCc3ccccc3)CC2)C1.C[C@H]1CCNC1.O=C(OCc1ccccc1)N1CCCCC1.O=C=O.S.S. The Balaban J connectivity index is 0.000000414. The lowest BCUT2D eigenvalue weighted by Gasteiger charge is -2.32. The van der Waals surface area contributed by atoms with E-state index in [1.807, 2.05) is 65.6 Å². The van der Waals surface area contributed by atoms with Crippen LogP contribution in [0.2, 0.25) is 0 Å². The van der Waals surface area contributed by atoms with Crippen molar-refractivity contribution in [3.63, 3.8) is 0 Å². The molecule has 51 heavy (non-hydrogen) atoms. The molecule has 4 heterocycles. The van der Waals surface area contributed by atoms with Crippen molar-refractivity contribution < 1.29 is 33.4 Å². The zero-order valence-corrected chi connectivity index (χ0v) is 32.2. The van der Waals surface area contributed by atoms with Gasteiger partial charge in [-0.05, 0) is 81.0 Å². The van der Waals surface area contributed by atoms with Gasteiger partial charge in [0.25, 0.3) is 0 Å². The van der Waals surface area contributed by atoms with Crippen molar-refractivity contribution in [3.8, 4) is 0 Å². The lowest BCUT2D eigenvalue weighted by Crippen LogP contribution is -2.44. The second-order valence-corrected chi connectivity index (χ2v) is 13.2. The Bertz CT molecular complexity index is 1280. The van der Waals surface area contributed by atoms with Crippen LogP contribution in [-0.2, 0) is 37.1 Å². The molecule has 2 aromatic carbocycles. The second kappa shape index (κ2) is 26.3. The van der Waals surface area contributed by atoms with Gasteiger partial charge in [0.2, 0.25) is 5.91 Å². The number of rotatable bonds is 5. The molecule has 2 atom stereocenters. The summed E-state index contributed by atoms with van der Waals surface area (Å²) in [5.41, 5.74) is 2.02. The van der Waals surface area contributed by atoms with Crippen LogP contribution in [0.5, 0.6) is 0 Å². The topological polar surface area (TPSA) is 126 Å². The molecule has 13 heteroatoms. The lowest BCUT2D eigenvalue weighted by atomic mass is 9.95. The van der Waals surface area contributed by atoms with Gasteiger partial charge in [0.1, 0.15) is 13.2 Å². The van der Waals surface area contributed by atoms with Crippen molar-refractivity contribution >= 4 is 51.2 Å². The highest BCUT2D eigenvalue weighted by atomic mass is 32.1. The number of carbonyl (C=O) groups excluding carboxylic acids is 5. The molecule has 4 aliphatic heterocycles. The highest BCUT2D eigenvalue weighted by Gasteiger charge is 2.33. The van der Waals surface area contributed by atoms with Crippen molar-refractivity contribution in [2.45, 2.75) is 72.0 Å². The molecule has 1 N–H and O–H groups in total. The van der Waals surface area contributed by atoms with E-state index in [2.05, 4.69) is 19.2 Å². The predicted molar refractivity (Wildman–Crippen MR) is 206 cm³/mol. The minimum Gasteiger partial charge on any atom is -0.445 e. The molecule has 284 valence electrons. The summed E-state index contributed by atoms with van der Waals surface area (Å²) in [6, 6.07) is 19.5. The quantitative estimate of drug-likeness (QED) is 0.397. The van der Waals surface area contributed by atoms with Gasteiger partial charge in [-0.3, -0.25) is 4.79 Å². The lowest BCUT2D eigenvalue weighted by molar-refractivity contribution is -0.191. The minimum atomic E-state index is -0.278. The molecule has 0 spiro atoms. The van der Waals surface area contributed by atoms with Crippen LogP contribution in [0, 0.1) is 17.8 Å². The van der Waals surface area contributed by atoms with Gasteiger partial charge in [-0.1, -0.05) is 74.5 Å². The van der Waals surface area contributed by atoms with E-state index in [4.69, 9.17) is 19.1 Å². The van der Waals surface area contributed by atoms with Crippen molar-refractivity contribution in [2.75, 3.05) is 52.4 Å². The first-order valence-electron chi connectivity index (χ1n) is 17.7. The van der Waals surface area contributed by atoms with Gasteiger partial charge >= 0.3 is 18.3 Å². The van der Waals surface area contributed by atoms with Crippen LogP contribution in [0.15, 0.2) is 60.7 Å². The van der Waals surface area contributed by atoms with Crippen LogP contribution in [0.1, 0.15) is 69.9 Å². The molecule has 2 aromatic rings. The van der Waals surface area contributed by atoms with Crippen LogP contribution < -0.4 is 5.32 Å². The number of piperidine rings is 2. The number of hydrogen-bond donors (Lipinski definition) is 1. The summed E-state index contributed by atoms with van der Waals surface area (Å²) in [7, 11) is 0. The number of ether oxygens (including phenoxy) is 2. The third kappa shape index (κ3) is 17.5. The highest BCUT2D eigenvalue weighted by molar-refractivity contribution is 7.59. The first kappa shape index (κ1) is 45.5. The molecule has 0 saturated carbocycles. The molecule has 4 fully saturated rings. The molecule has 6 rings (SSSR count). The van der Waals surface area contributed by atoms with Crippen molar-refractivity contribution in [3.05, 3.63) is 71.8 Å². The number of nitrogens with zero attached hydrogens (tertiary/aromatic N) is 3. The number of amides is 3. The Hall–Kier alpha value is -3.51. The van der Waals surface area contributed by atoms with E-state index in [1.54, 1.807) is 9.80 Å². The van der Waals surface area contributed by atoms with Gasteiger partial charge < -0.3 is 29.5 Å². The highest BCUT2D eigenvalue weighted by Crippen LogP contribution is 2.24. The Kier molecular flexibility index (Phi) is 23.5. The van der Waals surface area contributed by atoms with Gasteiger partial charge in [-0.15, -0.1) is 0 Å². The van der Waals surface area contributed by atoms with Crippen LogP contribution in [0.3, 0.4) is 0 Å². The standard InChI is InChI=1S/C19H26N2O3.C13H17NO2.C5H11N.CO2.2H2S/c1-15-7-10-21(13-15)18(22)17-8-11-20(12-9-17)19(23)24-14-16-5-3-2-4-6-16;15-13(14-9-5-2-6-10-14)16-11-12-7-3-1-4-8-12;1-5-2-3-6-4-5;2-1-3;;/h2-6,15,17H,7-14H2,1H3;1,3-4,7-8H,2,5-6,9-11H2;5-6H,2-4H2,1H3;;2*1H2/t15-;;5-;;;/m0.0.../s1. The average molecular weight is 747 g/mol. The van der Waals surface area contributed by atoms with Gasteiger partial charge in [0, 0.05) is 45.2 Å². The van der Waals surface area contributed by atoms with Crippen LogP contribution >= 0.6 is 27.0 Å². The van der Waals surface area contributed by atoms with Gasteiger partial charge in [-0.2, -0.15) is 36.6 Å². The molecule has 4 saturated heterocycles. The van der Waals surface area contributed by atoms with Crippen LogP contribution in [0.25, 0.3) is 0 Å². The Labute approximate surface area is 317 Å². The second-order valence-electron chi connectivity index (χ2n) is 13.2. The zero-order chi connectivity index (χ0) is 35.3. The first-order valence-corrected chi connectivity index (χ1v) is 17.7. The molecule has 0 radical (unpaired) electrons. The normalized spacial score (nSPS) is 19.5. The fourth-order valence-corrected chi connectivity index (χ4v) is 6.20. The van der Waals surface area contributed by atoms with Crippen molar-refractivity contribution in [1.29, 1.82) is 0 Å². The third-order valence-electron chi connectivity index (χ3n) is 9.17. The van der Waals surface area contributed by atoms with E-state index in [0.717, 1.165) is 75.3 Å². The maximum absolute atomic E-state index is 12.5. The number of carbonyl (C=O) groups is 3. The summed E-state index contributed by atoms with van der Waals surface area (Å²) in [5.74, 6) is 1.89. The Morgan fingerprint density at radius 3 is 1.53 bits per heavy atom. The van der Waals surface area contributed by atoms with Crippen molar-refractivity contribution in [2.24, 2.45) is 17.8 Å². The Morgan fingerprint density at radius 1 is 0.667 bits per heavy atom. The molecule has 0 aromatic heterocycles. The molecule has 11 nitrogen and oxygen atoms in total. The molecule has 4 aliphatic rings. The molecule has 0 aliphatic carbocycles. The average Bonchev–Trinajstić information content (AvgIpc) is 3.82. The van der Waals surface area contributed by atoms with E-state index in [-0.39, 0.29) is 57.2 Å². The van der Waals surface area contributed by atoms with Gasteiger partial charge in [0.15, 0.2) is 0 Å². The largest absolute Gasteiger partial charge is 0.445 e. The minimum absolute atomic E-state index is 0. The summed E-state index contributed by atoms with van der Waals surface area (Å²) in [6.07, 6.45) is 7.18. The van der Waals surface area contributed by atoms with E-state index in [1.165, 1.54) is 25.9 Å². The van der Waals surface area contributed by atoms with Gasteiger partial charge in [-0.25, -0.2) is 9.59 Å². The maximum Gasteiger partial charge on any atom is 0.410 e. The van der Waals surface area contributed by atoms with E-state index in [9.17, 15) is 14.4 Å². The van der Waals surface area contributed by atoms with E-state index >= 15 is 0 Å². The predicted octanol–water partition coefficient (Wildman–Crippen LogP) is 5.97. The molecule has 0 bridgehead atoms. The van der Waals surface area contributed by atoms with E-state index < -0.39 is 0 Å². The summed E-state index contributed by atoms with van der Waals surface area (Å²) in [4.78, 5) is 58.1. The molecule has 3 amide bonds. The van der Waals surface area contributed by atoms with Crippen molar-refractivity contribution in [1.82, 2.24) is 20.0 Å². The number of benzene rings is 2. The molecule has 0 unspecified atom stereocenters. The summed E-state index contributed by atoms with van der Waals surface area (Å²) in [6.45, 7) is 12.3. The van der Waals surface area contributed by atoms with Gasteiger partial charge in [0.05, 0.1) is 0 Å². The van der Waals surface area contributed by atoms with E-state index in [0.29, 0.717) is 32.2 Å². The summed E-state index contributed by atoms with van der Waals surface area (Å²) < 4.78 is 10.6.